The third-order valence-corrected chi connectivity index (χ3v) is 4.12. The second-order valence-corrected chi connectivity index (χ2v) is 7.51. The minimum absolute atomic E-state index is 0.200. The van der Waals surface area contributed by atoms with Crippen molar-refractivity contribution in [2.24, 2.45) is 5.73 Å². The van der Waals surface area contributed by atoms with Crippen LogP contribution in [-0.4, -0.2) is 45.5 Å². The normalized spacial score (nSPS) is 13.7. The van der Waals surface area contributed by atoms with Gasteiger partial charge >= 0.3 is 0 Å². The van der Waals surface area contributed by atoms with Crippen LogP contribution in [0.15, 0.2) is 24.3 Å². The summed E-state index contributed by atoms with van der Waals surface area (Å²) in [6.45, 7) is 4.06. The number of sulfone groups is 1. The number of hydrogen-bond donors (Lipinski definition) is 1. The molecule has 0 fully saturated rings. The highest BCUT2D eigenvalue weighted by atomic mass is 32.2. The van der Waals surface area contributed by atoms with Crippen molar-refractivity contribution in [3.8, 4) is 0 Å². The van der Waals surface area contributed by atoms with Gasteiger partial charge in [-0.3, -0.25) is 0 Å². The Bertz CT molecular complexity index is 483. The van der Waals surface area contributed by atoms with Crippen LogP contribution in [0.3, 0.4) is 0 Å². The van der Waals surface area contributed by atoms with Gasteiger partial charge in [0.15, 0.2) is 0 Å². The molecule has 0 saturated heterocycles. The fraction of sp³-hybridized carbons (Fsp3) is 0.571. The molecule has 0 bridgehead atoms. The van der Waals surface area contributed by atoms with E-state index in [4.69, 9.17) is 5.73 Å². The average Bonchev–Trinajstić information content (AvgIpc) is 2.35. The average molecular weight is 284 g/mol. The lowest BCUT2D eigenvalue weighted by atomic mass is 10.00. The van der Waals surface area contributed by atoms with Crippen molar-refractivity contribution in [2.75, 3.05) is 32.1 Å². The van der Waals surface area contributed by atoms with Crippen molar-refractivity contribution in [1.29, 1.82) is 0 Å². The van der Waals surface area contributed by atoms with Gasteiger partial charge in [-0.1, -0.05) is 31.2 Å². The maximum atomic E-state index is 11.1. The topological polar surface area (TPSA) is 63.4 Å². The Labute approximate surface area is 116 Å². The Balaban J connectivity index is 2.53. The fourth-order valence-corrected chi connectivity index (χ4v) is 2.44. The molecule has 108 valence electrons. The molecule has 4 nitrogen and oxygen atoms in total. The summed E-state index contributed by atoms with van der Waals surface area (Å²) in [5.41, 5.74) is 8.06. The number of hydrogen-bond acceptors (Lipinski definition) is 4. The van der Waals surface area contributed by atoms with Gasteiger partial charge in [0.25, 0.3) is 0 Å². The molecule has 0 saturated carbocycles. The largest absolute Gasteiger partial charge is 0.330 e. The molecule has 0 aliphatic heterocycles. The van der Waals surface area contributed by atoms with Gasteiger partial charge < -0.3 is 10.6 Å². The van der Waals surface area contributed by atoms with Gasteiger partial charge in [0.1, 0.15) is 9.84 Å². The monoisotopic (exact) mass is 284 g/mol. The van der Waals surface area contributed by atoms with Gasteiger partial charge in [-0.05, 0) is 30.6 Å². The second-order valence-electron chi connectivity index (χ2n) is 5.25. The zero-order chi connectivity index (χ0) is 14.5. The first-order valence-corrected chi connectivity index (χ1v) is 8.53. The molecule has 0 amide bonds. The maximum absolute atomic E-state index is 11.1. The van der Waals surface area contributed by atoms with Gasteiger partial charge in [-0.2, -0.15) is 0 Å². The lowest BCUT2D eigenvalue weighted by Gasteiger charge is -2.17. The van der Waals surface area contributed by atoms with E-state index in [0.29, 0.717) is 19.0 Å². The Morgan fingerprint density at radius 3 is 2.32 bits per heavy atom. The van der Waals surface area contributed by atoms with Crippen molar-refractivity contribution in [3.05, 3.63) is 35.4 Å². The molecule has 19 heavy (non-hydrogen) atoms. The smallest absolute Gasteiger partial charge is 0.148 e. The fourth-order valence-electron chi connectivity index (χ4n) is 1.80. The Hall–Kier alpha value is -0.910. The van der Waals surface area contributed by atoms with Crippen LogP contribution >= 0.6 is 0 Å². The van der Waals surface area contributed by atoms with E-state index in [-0.39, 0.29) is 5.75 Å². The first-order chi connectivity index (χ1) is 8.81. The van der Waals surface area contributed by atoms with Crippen LogP contribution < -0.4 is 5.73 Å². The zero-order valence-electron chi connectivity index (χ0n) is 12.0. The molecule has 1 atom stereocenters. The first-order valence-electron chi connectivity index (χ1n) is 6.47. The molecule has 0 aliphatic carbocycles. The Morgan fingerprint density at radius 2 is 1.84 bits per heavy atom. The van der Waals surface area contributed by atoms with Crippen LogP contribution in [0.4, 0.5) is 0 Å². The summed E-state index contributed by atoms with van der Waals surface area (Å²) >= 11 is 0. The molecule has 0 aromatic heterocycles. The van der Waals surface area contributed by atoms with Crippen LogP contribution in [0.1, 0.15) is 24.0 Å². The highest BCUT2D eigenvalue weighted by Crippen LogP contribution is 2.15. The molecular weight excluding hydrogens is 260 g/mol. The third kappa shape index (κ3) is 6.18. The minimum Gasteiger partial charge on any atom is -0.330 e. The summed E-state index contributed by atoms with van der Waals surface area (Å²) in [4.78, 5) is 2.02. The maximum Gasteiger partial charge on any atom is 0.148 e. The molecule has 5 heteroatoms. The SMILES string of the molecule is CC(CN)c1ccc(CN(C)CCS(C)(=O)=O)cc1. The highest BCUT2D eigenvalue weighted by molar-refractivity contribution is 7.90. The van der Waals surface area contributed by atoms with E-state index < -0.39 is 9.84 Å². The van der Waals surface area contributed by atoms with E-state index in [9.17, 15) is 8.42 Å². The molecule has 0 spiro atoms. The summed E-state index contributed by atoms with van der Waals surface area (Å²) < 4.78 is 22.2. The van der Waals surface area contributed by atoms with Crippen LogP contribution in [0.25, 0.3) is 0 Å². The van der Waals surface area contributed by atoms with Crippen LogP contribution in [0.2, 0.25) is 0 Å². The summed E-state index contributed by atoms with van der Waals surface area (Å²) in [7, 11) is -0.956. The third-order valence-electron chi connectivity index (χ3n) is 3.20. The van der Waals surface area contributed by atoms with E-state index >= 15 is 0 Å². The predicted octanol–water partition coefficient (Wildman–Crippen LogP) is 1.23. The van der Waals surface area contributed by atoms with Crippen molar-refractivity contribution in [1.82, 2.24) is 4.90 Å². The van der Waals surface area contributed by atoms with Crippen molar-refractivity contribution >= 4 is 9.84 Å². The molecule has 2 N–H and O–H groups in total. The lowest BCUT2D eigenvalue weighted by Crippen LogP contribution is -2.24. The van der Waals surface area contributed by atoms with Gasteiger partial charge in [0.2, 0.25) is 0 Å². The standard InChI is InChI=1S/C14H24N2O2S/c1-12(10-15)14-6-4-13(5-7-14)11-16(2)8-9-19(3,17)18/h4-7,12H,8-11,15H2,1-3H3. The summed E-state index contributed by atoms with van der Waals surface area (Å²) in [6.07, 6.45) is 1.27. The minimum atomic E-state index is -2.89. The highest BCUT2D eigenvalue weighted by Gasteiger charge is 2.07. The van der Waals surface area contributed by atoms with E-state index in [1.165, 1.54) is 17.4 Å². The van der Waals surface area contributed by atoms with Gasteiger partial charge in [0.05, 0.1) is 5.75 Å². The van der Waals surface area contributed by atoms with E-state index in [0.717, 1.165) is 6.54 Å². The molecule has 1 unspecified atom stereocenters. The lowest BCUT2D eigenvalue weighted by molar-refractivity contribution is 0.346. The summed E-state index contributed by atoms with van der Waals surface area (Å²) in [5, 5.41) is 0. The number of nitrogens with zero attached hydrogens (tertiary/aromatic N) is 1. The van der Waals surface area contributed by atoms with Crippen molar-refractivity contribution < 1.29 is 8.42 Å². The molecule has 0 aliphatic rings. The molecule has 0 radical (unpaired) electrons. The second kappa shape index (κ2) is 7.03. The summed E-state index contributed by atoms with van der Waals surface area (Å²) in [5.74, 6) is 0.572. The number of rotatable bonds is 7. The first kappa shape index (κ1) is 16.1. The van der Waals surface area contributed by atoms with Gasteiger partial charge in [-0.15, -0.1) is 0 Å². The van der Waals surface area contributed by atoms with Gasteiger partial charge in [-0.25, -0.2) is 8.42 Å². The number of benzene rings is 1. The van der Waals surface area contributed by atoms with Crippen molar-refractivity contribution in [3.63, 3.8) is 0 Å². The van der Waals surface area contributed by atoms with E-state index in [1.807, 2.05) is 11.9 Å². The van der Waals surface area contributed by atoms with Crippen LogP contribution in [-0.2, 0) is 16.4 Å². The summed E-state index contributed by atoms with van der Waals surface area (Å²) in [6, 6.07) is 8.35. The van der Waals surface area contributed by atoms with Crippen LogP contribution in [0, 0.1) is 0 Å². The van der Waals surface area contributed by atoms with E-state index in [2.05, 4.69) is 31.2 Å². The Kier molecular flexibility index (Phi) is 5.97. The van der Waals surface area contributed by atoms with E-state index in [1.54, 1.807) is 0 Å². The zero-order valence-corrected chi connectivity index (χ0v) is 12.8. The van der Waals surface area contributed by atoms with Crippen LogP contribution in [0.5, 0.6) is 0 Å². The molecular formula is C14H24N2O2S. The predicted molar refractivity (Wildman–Crippen MR) is 80.0 cm³/mol. The Morgan fingerprint density at radius 1 is 1.26 bits per heavy atom. The van der Waals surface area contributed by atoms with Gasteiger partial charge in [0, 0.05) is 19.3 Å². The molecule has 1 aromatic carbocycles. The van der Waals surface area contributed by atoms with Crippen molar-refractivity contribution in [2.45, 2.75) is 19.4 Å². The molecule has 1 rings (SSSR count). The number of nitrogens with two attached hydrogens (primary N) is 1. The molecule has 1 aromatic rings. The molecule has 0 heterocycles. The quantitative estimate of drug-likeness (QED) is 0.818.